The number of aromatic amines is 1. The van der Waals surface area contributed by atoms with Crippen LogP contribution in [0.25, 0.3) is 10.9 Å². The van der Waals surface area contributed by atoms with Crippen LogP contribution in [-0.2, 0) is 50.6 Å². The van der Waals surface area contributed by atoms with Crippen LogP contribution in [0.2, 0.25) is 0 Å². The van der Waals surface area contributed by atoms with Gasteiger partial charge in [0.05, 0.1) is 32.3 Å². The summed E-state index contributed by atoms with van der Waals surface area (Å²) in [5, 5.41) is 13.1. The van der Waals surface area contributed by atoms with E-state index in [9.17, 15) is 14.7 Å². The van der Waals surface area contributed by atoms with Crippen LogP contribution >= 0.6 is 21.6 Å². The number of esters is 3. The Kier molecular flexibility index (Phi) is 9.80. The Labute approximate surface area is 370 Å². The molecule has 2 spiro atoms. The molecule has 2 aromatic carbocycles. The number of carbonyl (C=O) groups is 3. The maximum absolute atomic E-state index is 15.5. The summed E-state index contributed by atoms with van der Waals surface area (Å²) in [4.78, 5) is 55.1. The molecule has 1 aliphatic carbocycles. The van der Waals surface area contributed by atoms with Gasteiger partial charge in [0.15, 0.2) is 11.8 Å². The van der Waals surface area contributed by atoms with Gasteiger partial charge in [0.1, 0.15) is 11.2 Å². The fourth-order valence-corrected chi connectivity index (χ4v) is 15.4. The monoisotopic (exact) mass is 886 g/mol. The number of fused-ring (bicyclic) bond motifs is 6. The number of piperidine rings is 1. The van der Waals surface area contributed by atoms with Gasteiger partial charge in [-0.25, -0.2) is 4.79 Å². The van der Waals surface area contributed by atoms with E-state index in [0.717, 1.165) is 44.9 Å². The van der Waals surface area contributed by atoms with E-state index < -0.39 is 57.2 Å². The van der Waals surface area contributed by atoms with Gasteiger partial charge in [-0.1, -0.05) is 47.6 Å². The first-order chi connectivity index (χ1) is 29.7. The van der Waals surface area contributed by atoms with Gasteiger partial charge in [-0.2, -0.15) is 0 Å². The number of H-pyrrole nitrogens is 1. The minimum atomic E-state index is -1.66. The molecule has 62 heavy (non-hydrogen) atoms. The second-order valence-electron chi connectivity index (χ2n) is 18.7. The van der Waals surface area contributed by atoms with Gasteiger partial charge in [0.25, 0.3) is 5.60 Å². The summed E-state index contributed by atoms with van der Waals surface area (Å²) < 4.78 is 31.6. The van der Waals surface area contributed by atoms with Crippen molar-refractivity contribution in [1.82, 2.24) is 14.8 Å². The number of hydrogen-bond donors (Lipinski definition) is 2. The summed E-state index contributed by atoms with van der Waals surface area (Å²) in [5.41, 5.74) is -1.81. The van der Waals surface area contributed by atoms with E-state index in [0.29, 0.717) is 76.0 Å². The number of aromatic nitrogens is 1. The van der Waals surface area contributed by atoms with E-state index in [-0.39, 0.29) is 12.0 Å². The first kappa shape index (κ1) is 42.2. The number of methoxy groups -OCH3 is 3. The highest BCUT2D eigenvalue weighted by Crippen LogP contribution is 2.80. The Morgan fingerprint density at radius 2 is 1.81 bits per heavy atom. The fourth-order valence-electron chi connectivity index (χ4n) is 14.1. The van der Waals surface area contributed by atoms with Crippen molar-refractivity contribution < 1.29 is 43.2 Å². The van der Waals surface area contributed by atoms with Crippen LogP contribution in [0.3, 0.4) is 0 Å². The lowest BCUT2D eigenvalue weighted by atomic mass is 9.49. The van der Waals surface area contributed by atoms with E-state index >= 15 is 4.79 Å². The SMILES string of the molecule is CC[C@]1(O)C[C@H]2CN(CCc3c([nH]c4ccc(SSC)cc34)[C@@](C(=O)OC)(c3cc4c(cc3OC)N(C)[C@@]35O[C@]3(C(=O)OC)[C@H](OC(C)=O)[C@]3(CC)C=CCN6CC[C@]45[C@@H]63)C2)C1. The molecule has 1 unspecified atom stereocenters. The van der Waals surface area contributed by atoms with Crippen molar-refractivity contribution in [3.63, 3.8) is 0 Å². The molecule has 10 atom stereocenters. The number of benzene rings is 2. The van der Waals surface area contributed by atoms with E-state index in [2.05, 4.69) is 69.3 Å². The van der Waals surface area contributed by atoms with Crippen molar-refractivity contribution in [2.24, 2.45) is 11.3 Å². The quantitative estimate of drug-likeness (QED) is 0.0888. The van der Waals surface area contributed by atoms with Gasteiger partial charge in [-0.3, -0.25) is 19.4 Å². The Morgan fingerprint density at radius 1 is 1.02 bits per heavy atom. The van der Waals surface area contributed by atoms with Crippen LogP contribution in [0, 0.1) is 11.3 Å². The minimum Gasteiger partial charge on any atom is -0.496 e. The highest BCUT2D eigenvalue weighted by Gasteiger charge is 2.98. The van der Waals surface area contributed by atoms with Crippen molar-refractivity contribution >= 4 is 56.1 Å². The maximum atomic E-state index is 15.5. The zero-order valence-corrected chi connectivity index (χ0v) is 38.6. The third-order valence-electron chi connectivity index (χ3n) is 16.3. The first-order valence-electron chi connectivity index (χ1n) is 22.0. The van der Waals surface area contributed by atoms with E-state index in [1.807, 2.05) is 20.0 Å². The smallest absolute Gasteiger partial charge is 0.347 e. The second-order valence-corrected chi connectivity index (χ2v) is 21.2. The fraction of sp³-hybridized carbons (Fsp3) is 0.596. The van der Waals surface area contributed by atoms with Gasteiger partial charge in [0, 0.05) is 90.4 Å². The Bertz CT molecular complexity index is 2430. The molecule has 2 bridgehead atoms. The zero-order valence-electron chi connectivity index (χ0n) is 36.9. The van der Waals surface area contributed by atoms with Crippen LogP contribution in [0.4, 0.5) is 5.69 Å². The van der Waals surface area contributed by atoms with Crippen molar-refractivity contribution in [2.75, 3.05) is 72.3 Å². The number of likely N-dealkylation sites (N-methyl/N-ethyl adjacent to an activating group) is 1. The molecule has 0 radical (unpaired) electrons. The molecule has 7 heterocycles. The van der Waals surface area contributed by atoms with Crippen LogP contribution in [0.15, 0.2) is 47.4 Å². The highest BCUT2D eigenvalue weighted by atomic mass is 33.1. The molecule has 0 amide bonds. The molecule has 7 aliphatic rings. The second kappa shape index (κ2) is 14.4. The van der Waals surface area contributed by atoms with Crippen molar-refractivity contribution in [2.45, 2.75) is 104 Å². The summed E-state index contributed by atoms with van der Waals surface area (Å²) in [5.74, 6) is -1.10. The predicted octanol–water partition coefficient (Wildman–Crippen LogP) is 5.73. The maximum Gasteiger partial charge on any atom is 0.347 e. The number of nitrogens with zero attached hydrogens (tertiary/aromatic N) is 3. The standard InChI is InChI=1S/C47H58N4O9S2/c1-9-42(55)23-28-24-44(40(53)57-6,37-30(14-18-50(25-28)26-42)31-20-29(62-61-8)12-13-34(31)48-37)33-21-32-35(22-36(33)56-5)49(4)47-45(32)16-19-51-17-11-15-43(10-2,38(45)51)39(59-27(3)52)46(47,60-47)41(54)58-7/h11-13,15,20-22,28,38-39,48,55H,9-10,14,16-19,23-26H2,1-8H3/t28-,38+,39-,42+,43-,44+,45-,46+,47+/m1/s1. The summed E-state index contributed by atoms with van der Waals surface area (Å²) in [6.45, 7) is 8.90. The Morgan fingerprint density at radius 3 is 2.50 bits per heavy atom. The highest BCUT2D eigenvalue weighted by molar-refractivity contribution is 8.76. The van der Waals surface area contributed by atoms with Crippen LogP contribution < -0.4 is 9.64 Å². The van der Waals surface area contributed by atoms with Gasteiger partial charge >= 0.3 is 17.9 Å². The minimum absolute atomic E-state index is 0.0889. The average molecular weight is 887 g/mol. The van der Waals surface area contributed by atoms with Crippen molar-refractivity contribution in [3.05, 3.63) is 64.9 Å². The van der Waals surface area contributed by atoms with Gasteiger partial charge in [-0.15, -0.1) is 0 Å². The van der Waals surface area contributed by atoms with E-state index in [1.165, 1.54) is 21.1 Å². The molecule has 1 aromatic heterocycles. The van der Waals surface area contributed by atoms with Crippen LogP contribution in [0.5, 0.6) is 5.75 Å². The largest absolute Gasteiger partial charge is 0.496 e. The number of hydrogen-bond acceptors (Lipinski definition) is 14. The third kappa shape index (κ3) is 5.12. The lowest BCUT2D eigenvalue weighted by molar-refractivity contribution is -0.178. The third-order valence-corrected chi connectivity index (χ3v) is 18.0. The summed E-state index contributed by atoms with van der Waals surface area (Å²) in [6, 6.07) is 10.4. The van der Waals surface area contributed by atoms with E-state index in [1.54, 1.807) is 28.7 Å². The molecule has 13 nitrogen and oxygen atoms in total. The van der Waals surface area contributed by atoms with E-state index in [4.69, 9.17) is 23.7 Å². The number of rotatable bonds is 9. The molecule has 3 saturated heterocycles. The molecule has 15 heteroatoms. The number of epoxide rings is 1. The molecular weight excluding hydrogens is 829 g/mol. The average Bonchev–Trinajstić information content (AvgIpc) is 3.51. The summed E-state index contributed by atoms with van der Waals surface area (Å²) in [6.07, 6.45) is 8.68. The van der Waals surface area contributed by atoms with Crippen molar-refractivity contribution in [1.29, 1.82) is 0 Å². The number of nitrogens with one attached hydrogen (secondary N) is 1. The molecular formula is C47H58N4O9S2. The number of ether oxygens (including phenoxy) is 5. The molecule has 4 fully saturated rings. The lowest BCUT2D eigenvalue weighted by Crippen LogP contribution is -2.75. The van der Waals surface area contributed by atoms with Crippen LogP contribution in [-0.4, -0.2) is 134 Å². The Hall–Kier alpha value is -3.73. The molecule has 332 valence electrons. The topological polar surface area (TPSA) is 146 Å². The van der Waals surface area contributed by atoms with Gasteiger partial charge in [0.2, 0.25) is 0 Å². The summed E-state index contributed by atoms with van der Waals surface area (Å²) in [7, 11) is 9.79. The number of anilines is 1. The molecule has 3 aromatic rings. The van der Waals surface area contributed by atoms with Crippen molar-refractivity contribution in [3.8, 4) is 5.75 Å². The van der Waals surface area contributed by atoms with Gasteiger partial charge in [-0.05, 0) is 92.6 Å². The van der Waals surface area contributed by atoms with Crippen LogP contribution in [0.1, 0.15) is 75.3 Å². The molecule has 10 rings (SSSR count). The molecule has 1 saturated carbocycles. The lowest BCUT2D eigenvalue weighted by Gasteiger charge is -2.58. The Balaban J connectivity index is 1.28. The number of aliphatic hydroxyl groups is 1. The summed E-state index contributed by atoms with van der Waals surface area (Å²) >= 11 is 0. The number of carbonyl (C=O) groups excluding carboxylic acids is 3. The molecule has 2 N–H and O–H groups in total. The first-order valence-corrected chi connectivity index (χ1v) is 24.5. The normalized spacial score (nSPS) is 37.5. The molecule has 6 aliphatic heterocycles. The zero-order chi connectivity index (χ0) is 43.8. The predicted molar refractivity (Wildman–Crippen MR) is 238 cm³/mol. The van der Waals surface area contributed by atoms with Gasteiger partial charge < -0.3 is 38.7 Å².